The average Bonchev–Trinajstić information content (AvgIpc) is 2.48. The Morgan fingerprint density at radius 2 is 1.90 bits per heavy atom. The Morgan fingerprint density at radius 1 is 1.24 bits per heavy atom. The molecular weight excluding hydrogens is 284 g/mol. The van der Waals surface area contributed by atoms with Crippen LogP contribution in [-0.4, -0.2) is 38.4 Å². The van der Waals surface area contributed by atoms with Crippen molar-refractivity contribution >= 4 is 10.0 Å². The lowest BCUT2D eigenvalue weighted by Crippen LogP contribution is -2.46. The molecule has 0 unspecified atom stereocenters. The van der Waals surface area contributed by atoms with Gasteiger partial charge in [-0.1, -0.05) is 19.1 Å². The highest BCUT2D eigenvalue weighted by molar-refractivity contribution is 7.89. The summed E-state index contributed by atoms with van der Waals surface area (Å²) in [6, 6.07) is 5.78. The molecule has 0 saturated carbocycles. The van der Waals surface area contributed by atoms with Gasteiger partial charge in [-0.25, -0.2) is 8.42 Å². The van der Waals surface area contributed by atoms with E-state index in [1.165, 1.54) is 0 Å². The molecule has 0 spiro atoms. The monoisotopic (exact) mass is 310 g/mol. The molecule has 1 N–H and O–H groups in total. The zero-order valence-electron chi connectivity index (χ0n) is 13.2. The largest absolute Gasteiger partial charge is 0.317 e. The maximum absolute atomic E-state index is 13.1. The highest BCUT2D eigenvalue weighted by Gasteiger charge is 2.32. The fraction of sp³-hybridized carbons (Fsp3) is 0.625. The van der Waals surface area contributed by atoms with Crippen molar-refractivity contribution in [3.05, 3.63) is 29.3 Å². The fourth-order valence-electron chi connectivity index (χ4n) is 2.93. The third kappa shape index (κ3) is 3.65. The van der Waals surface area contributed by atoms with Gasteiger partial charge in [0, 0.05) is 12.6 Å². The van der Waals surface area contributed by atoms with Crippen LogP contribution in [0.5, 0.6) is 0 Å². The second-order valence-electron chi connectivity index (χ2n) is 5.87. The number of hydrogen-bond acceptors (Lipinski definition) is 3. The average molecular weight is 310 g/mol. The van der Waals surface area contributed by atoms with Crippen LogP contribution in [0.3, 0.4) is 0 Å². The maximum atomic E-state index is 13.1. The summed E-state index contributed by atoms with van der Waals surface area (Å²) in [6.45, 7) is 8.24. The molecule has 1 saturated heterocycles. The topological polar surface area (TPSA) is 49.4 Å². The molecule has 0 bridgehead atoms. The van der Waals surface area contributed by atoms with Gasteiger partial charge in [-0.15, -0.1) is 0 Å². The molecule has 0 aliphatic carbocycles. The Labute approximate surface area is 128 Å². The molecule has 1 heterocycles. The van der Waals surface area contributed by atoms with Crippen LogP contribution in [0.1, 0.15) is 37.3 Å². The van der Waals surface area contributed by atoms with Gasteiger partial charge in [0.05, 0.1) is 4.90 Å². The van der Waals surface area contributed by atoms with Crippen molar-refractivity contribution in [1.29, 1.82) is 0 Å². The third-order valence-corrected chi connectivity index (χ3v) is 6.18. The number of hydrogen-bond donors (Lipinski definition) is 1. The lowest BCUT2D eigenvalue weighted by Gasteiger charge is -2.34. The van der Waals surface area contributed by atoms with Crippen LogP contribution in [0.15, 0.2) is 23.1 Å². The first-order valence-corrected chi connectivity index (χ1v) is 9.20. The Hall–Kier alpha value is -0.910. The van der Waals surface area contributed by atoms with Crippen molar-refractivity contribution < 1.29 is 8.42 Å². The minimum Gasteiger partial charge on any atom is -0.317 e. The lowest BCUT2D eigenvalue weighted by molar-refractivity contribution is 0.262. The van der Waals surface area contributed by atoms with E-state index >= 15 is 0 Å². The molecule has 1 aliphatic rings. The van der Waals surface area contributed by atoms with E-state index in [1.54, 1.807) is 10.4 Å². The van der Waals surface area contributed by atoms with Gasteiger partial charge < -0.3 is 5.32 Å². The summed E-state index contributed by atoms with van der Waals surface area (Å²) >= 11 is 0. The zero-order valence-corrected chi connectivity index (χ0v) is 14.0. The van der Waals surface area contributed by atoms with Crippen molar-refractivity contribution in [2.24, 2.45) is 0 Å². The number of piperidine rings is 1. The standard InChI is InChI=1S/C16H26N2O2S/c1-4-11-18(15-7-9-17-10-8-15)21(19,20)16-12-13(2)5-6-14(16)3/h5-6,12,15,17H,4,7-11H2,1-3H3. The second-order valence-corrected chi connectivity index (χ2v) is 7.72. The van der Waals surface area contributed by atoms with E-state index in [2.05, 4.69) is 5.32 Å². The van der Waals surface area contributed by atoms with E-state index in [-0.39, 0.29) is 6.04 Å². The quantitative estimate of drug-likeness (QED) is 0.909. The van der Waals surface area contributed by atoms with Gasteiger partial charge in [0.1, 0.15) is 0 Å². The normalized spacial score (nSPS) is 17.3. The third-order valence-electron chi connectivity index (χ3n) is 4.09. The van der Waals surface area contributed by atoms with Gasteiger partial charge in [0.25, 0.3) is 0 Å². The van der Waals surface area contributed by atoms with E-state index in [4.69, 9.17) is 0 Å². The summed E-state index contributed by atoms with van der Waals surface area (Å²) in [5, 5.41) is 3.30. The summed E-state index contributed by atoms with van der Waals surface area (Å²) in [5.41, 5.74) is 1.82. The minimum absolute atomic E-state index is 0.121. The SMILES string of the molecule is CCCN(C1CCNCC1)S(=O)(=O)c1cc(C)ccc1C. The Bertz CT molecular complexity index is 578. The van der Waals surface area contributed by atoms with Gasteiger partial charge in [0.2, 0.25) is 10.0 Å². The van der Waals surface area contributed by atoms with Crippen molar-refractivity contribution in [2.75, 3.05) is 19.6 Å². The van der Waals surface area contributed by atoms with Crippen molar-refractivity contribution in [1.82, 2.24) is 9.62 Å². The lowest BCUT2D eigenvalue weighted by atomic mass is 10.1. The molecule has 1 fully saturated rings. The van der Waals surface area contributed by atoms with Gasteiger partial charge in [-0.2, -0.15) is 4.31 Å². The Kier molecular flexibility index (Phi) is 5.41. The number of aryl methyl sites for hydroxylation is 2. The predicted octanol–water partition coefficient (Wildman–Crippen LogP) is 2.46. The molecule has 1 aromatic rings. The molecule has 5 heteroatoms. The van der Waals surface area contributed by atoms with Gasteiger partial charge in [-0.3, -0.25) is 0 Å². The summed E-state index contributed by atoms with van der Waals surface area (Å²) in [7, 11) is -3.41. The summed E-state index contributed by atoms with van der Waals surface area (Å²) < 4.78 is 27.9. The molecule has 0 atom stereocenters. The molecule has 0 radical (unpaired) electrons. The first-order chi connectivity index (χ1) is 9.96. The maximum Gasteiger partial charge on any atom is 0.243 e. The molecule has 4 nitrogen and oxygen atoms in total. The van der Waals surface area contributed by atoms with E-state index in [9.17, 15) is 8.42 Å². The van der Waals surface area contributed by atoms with Crippen molar-refractivity contribution in [3.8, 4) is 0 Å². The molecule has 118 valence electrons. The smallest absolute Gasteiger partial charge is 0.243 e. The number of nitrogens with zero attached hydrogens (tertiary/aromatic N) is 1. The number of sulfonamides is 1. The van der Waals surface area contributed by atoms with Gasteiger partial charge >= 0.3 is 0 Å². The minimum atomic E-state index is -3.41. The Morgan fingerprint density at radius 3 is 2.52 bits per heavy atom. The van der Waals surface area contributed by atoms with Crippen LogP contribution >= 0.6 is 0 Å². The molecule has 0 aromatic heterocycles. The predicted molar refractivity (Wildman–Crippen MR) is 86.0 cm³/mol. The summed E-state index contributed by atoms with van der Waals surface area (Å²) in [6.07, 6.45) is 2.63. The highest BCUT2D eigenvalue weighted by atomic mass is 32.2. The summed E-state index contributed by atoms with van der Waals surface area (Å²) in [5.74, 6) is 0. The van der Waals surface area contributed by atoms with Crippen LogP contribution in [-0.2, 0) is 10.0 Å². The first-order valence-electron chi connectivity index (χ1n) is 7.76. The molecule has 1 aromatic carbocycles. The molecule has 0 amide bonds. The molecule has 21 heavy (non-hydrogen) atoms. The van der Waals surface area contributed by atoms with Crippen LogP contribution in [0, 0.1) is 13.8 Å². The van der Waals surface area contributed by atoms with Crippen LogP contribution in [0.4, 0.5) is 0 Å². The van der Waals surface area contributed by atoms with Gasteiger partial charge in [0.15, 0.2) is 0 Å². The number of benzene rings is 1. The Balaban J connectivity index is 2.39. The fourth-order valence-corrected chi connectivity index (χ4v) is 5.01. The molecule has 1 aliphatic heterocycles. The second kappa shape index (κ2) is 6.90. The molecular formula is C16H26N2O2S. The van der Waals surface area contributed by atoms with Crippen molar-refractivity contribution in [3.63, 3.8) is 0 Å². The van der Waals surface area contributed by atoms with E-state index in [0.29, 0.717) is 11.4 Å². The van der Waals surface area contributed by atoms with Crippen LogP contribution in [0.2, 0.25) is 0 Å². The highest BCUT2D eigenvalue weighted by Crippen LogP contribution is 2.26. The van der Waals surface area contributed by atoms with Crippen LogP contribution in [0.25, 0.3) is 0 Å². The first kappa shape index (κ1) is 16.5. The zero-order chi connectivity index (χ0) is 15.5. The van der Waals surface area contributed by atoms with E-state index in [0.717, 1.165) is 43.5 Å². The van der Waals surface area contributed by atoms with Gasteiger partial charge in [-0.05, 0) is 63.4 Å². The number of nitrogens with one attached hydrogen (secondary N) is 1. The van der Waals surface area contributed by atoms with E-state index < -0.39 is 10.0 Å². The summed E-state index contributed by atoms with van der Waals surface area (Å²) in [4.78, 5) is 0.467. The number of rotatable bonds is 5. The van der Waals surface area contributed by atoms with Crippen LogP contribution < -0.4 is 5.32 Å². The van der Waals surface area contributed by atoms with Crippen molar-refractivity contribution in [2.45, 2.75) is 51.0 Å². The molecule has 2 rings (SSSR count). The van der Waals surface area contributed by atoms with E-state index in [1.807, 2.05) is 32.9 Å².